The molecular weight excluding hydrogens is 188 g/mol. The summed E-state index contributed by atoms with van der Waals surface area (Å²) >= 11 is 0. The van der Waals surface area contributed by atoms with Gasteiger partial charge in [0.05, 0.1) is 0 Å². The van der Waals surface area contributed by atoms with Gasteiger partial charge in [-0.3, -0.25) is 0 Å². The Hall–Kier alpha value is -0.730. The van der Waals surface area contributed by atoms with E-state index < -0.39 is 0 Å². The van der Waals surface area contributed by atoms with E-state index in [-0.39, 0.29) is 12.1 Å². The summed E-state index contributed by atoms with van der Waals surface area (Å²) < 4.78 is 0. The second-order valence-electron chi connectivity index (χ2n) is 5.11. The quantitative estimate of drug-likeness (QED) is 0.749. The molecule has 15 heavy (non-hydrogen) atoms. The normalized spacial score (nSPS) is 28.7. The maximum atomic E-state index is 11.9. The molecule has 1 saturated heterocycles. The van der Waals surface area contributed by atoms with E-state index in [4.69, 9.17) is 0 Å². The van der Waals surface area contributed by atoms with E-state index in [1.807, 2.05) is 4.90 Å². The Labute approximate surface area is 93.2 Å². The Morgan fingerprint density at radius 1 is 1.40 bits per heavy atom. The predicted octanol–water partition coefficient (Wildman–Crippen LogP) is 2.47. The zero-order valence-corrected chi connectivity index (χ0v) is 10.4. The first-order valence-electron chi connectivity index (χ1n) is 6.08. The standard InChI is InChI=1S/C12H24N2O/c1-5-11(4)13-12(15)14-7-9(2)6-10(3)8-14/h9-11H,5-8H2,1-4H3,(H,13,15). The van der Waals surface area contributed by atoms with E-state index in [1.54, 1.807) is 0 Å². The van der Waals surface area contributed by atoms with Crippen LogP contribution in [0.2, 0.25) is 0 Å². The van der Waals surface area contributed by atoms with Crippen LogP contribution in [0, 0.1) is 11.8 Å². The van der Waals surface area contributed by atoms with Gasteiger partial charge < -0.3 is 10.2 Å². The van der Waals surface area contributed by atoms with Gasteiger partial charge in [0.2, 0.25) is 0 Å². The van der Waals surface area contributed by atoms with Gasteiger partial charge in [0.1, 0.15) is 0 Å². The van der Waals surface area contributed by atoms with Crippen molar-refractivity contribution < 1.29 is 4.79 Å². The molecule has 0 spiro atoms. The third-order valence-electron chi connectivity index (χ3n) is 3.14. The number of piperidine rings is 1. The summed E-state index contributed by atoms with van der Waals surface area (Å²) in [5, 5.41) is 3.03. The van der Waals surface area contributed by atoms with Crippen LogP contribution in [-0.2, 0) is 0 Å². The summed E-state index contributed by atoms with van der Waals surface area (Å²) in [5.41, 5.74) is 0. The van der Waals surface area contributed by atoms with Crippen molar-refractivity contribution in [3.05, 3.63) is 0 Å². The first kappa shape index (κ1) is 12.3. The van der Waals surface area contributed by atoms with Crippen LogP contribution in [0.3, 0.4) is 0 Å². The molecule has 0 bridgehead atoms. The molecule has 1 aliphatic rings. The van der Waals surface area contributed by atoms with Crippen LogP contribution in [0.25, 0.3) is 0 Å². The number of nitrogens with one attached hydrogen (secondary N) is 1. The van der Waals surface area contributed by atoms with Crippen molar-refractivity contribution in [2.45, 2.75) is 46.6 Å². The molecule has 0 radical (unpaired) electrons. The summed E-state index contributed by atoms with van der Waals surface area (Å²) in [7, 11) is 0. The molecule has 3 heteroatoms. The van der Waals surface area contributed by atoms with Gasteiger partial charge in [-0.05, 0) is 31.6 Å². The molecule has 1 rings (SSSR count). The Morgan fingerprint density at radius 3 is 2.40 bits per heavy atom. The van der Waals surface area contributed by atoms with Crippen LogP contribution in [0.4, 0.5) is 4.79 Å². The number of hydrogen-bond acceptors (Lipinski definition) is 1. The molecule has 3 nitrogen and oxygen atoms in total. The number of carbonyl (C=O) groups is 1. The van der Waals surface area contributed by atoms with Gasteiger partial charge in [-0.1, -0.05) is 20.8 Å². The lowest BCUT2D eigenvalue weighted by molar-refractivity contribution is 0.144. The fourth-order valence-electron chi connectivity index (χ4n) is 2.23. The van der Waals surface area contributed by atoms with E-state index in [9.17, 15) is 4.79 Å². The summed E-state index contributed by atoms with van der Waals surface area (Å²) in [6.45, 7) is 10.4. The molecule has 0 saturated carbocycles. The number of carbonyl (C=O) groups excluding carboxylic acids is 1. The lowest BCUT2D eigenvalue weighted by Crippen LogP contribution is -2.49. The van der Waals surface area contributed by atoms with Crippen molar-refractivity contribution in [3.63, 3.8) is 0 Å². The van der Waals surface area contributed by atoms with Crippen molar-refractivity contribution in [3.8, 4) is 0 Å². The molecule has 88 valence electrons. The van der Waals surface area contributed by atoms with Gasteiger partial charge in [0, 0.05) is 19.1 Å². The van der Waals surface area contributed by atoms with Crippen LogP contribution in [-0.4, -0.2) is 30.1 Å². The summed E-state index contributed by atoms with van der Waals surface area (Å²) in [6, 6.07) is 0.396. The lowest BCUT2D eigenvalue weighted by Gasteiger charge is -2.35. The number of rotatable bonds is 2. The first-order chi connectivity index (χ1) is 7.02. The van der Waals surface area contributed by atoms with Crippen molar-refractivity contribution in [1.82, 2.24) is 10.2 Å². The number of likely N-dealkylation sites (tertiary alicyclic amines) is 1. The highest BCUT2D eigenvalue weighted by atomic mass is 16.2. The minimum Gasteiger partial charge on any atom is -0.336 e. The molecular formula is C12H24N2O. The Balaban J connectivity index is 2.44. The maximum Gasteiger partial charge on any atom is 0.317 e. The van der Waals surface area contributed by atoms with Crippen LogP contribution in [0.15, 0.2) is 0 Å². The van der Waals surface area contributed by atoms with Gasteiger partial charge in [-0.25, -0.2) is 4.79 Å². The van der Waals surface area contributed by atoms with Crippen molar-refractivity contribution >= 4 is 6.03 Å². The molecule has 3 unspecified atom stereocenters. The van der Waals surface area contributed by atoms with Gasteiger partial charge in [-0.15, -0.1) is 0 Å². The highest BCUT2D eigenvalue weighted by Crippen LogP contribution is 2.20. The zero-order chi connectivity index (χ0) is 11.4. The molecule has 0 aromatic rings. The number of hydrogen-bond donors (Lipinski definition) is 1. The van der Waals surface area contributed by atoms with Crippen molar-refractivity contribution in [2.24, 2.45) is 11.8 Å². The lowest BCUT2D eigenvalue weighted by atomic mass is 9.92. The monoisotopic (exact) mass is 212 g/mol. The Kier molecular flexibility index (Phi) is 4.43. The van der Waals surface area contributed by atoms with E-state index in [0.29, 0.717) is 11.8 Å². The molecule has 1 N–H and O–H groups in total. The molecule has 1 aliphatic heterocycles. The number of urea groups is 1. The Bertz CT molecular complexity index is 208. The number of nitrogens with zero attached hydrogens (tertiary/aromatic N) is 1. The fourth-order valence-corrected chi connectivity index (χ4v) is 2.23. The second kappa shape index (κ2) is 5.38. The van der Waals surface area contributed by atoms with Gasteiger partial charge in [-0.2, -0.15) is 0 Å². The zero-order valence-electron chi connectivity index (χ0n) is 10.4. The average Bonchev–Trinajstić information content (AvgIpc) is 2.16. The van der Waals surface area contributed by atoms with Crippen LogP contribution in [0.5, 0.6) is 0 Å². The molecule has 0 aromatic carbocycles. The second-order valence-corrected chi connectivity index (χ2v) is 5.11. The first-order valence-corrected chi connectivity index (χ1v) is 6.08. The molecule has 1 heterocycles. The average molecular weight is 212 g/mol. The molecule has 0 aliphatic carbocycles. The van der Waals surface area contributed by atoms with E-state index in [1.165, 1.54) is 6.42 Å². The molecule has 2 amide bonds. The smallest absolute Gasteiger partial charge is 0.317 e. The van der Waals surface area contributed by atoms with Crippen LogP contribution in [0.1, 0.15) is 40.5 Å². The largest absolute Gasteiger partial charge is 0.336 e. The van der Waals surface area contributed by atoms with E-state index in [2.05, 4.69) is 33.0 Å². The predicted molar refractivity (Wildman–Crippen MR) is 62.8 cm³/mol. The summed E-state index contributed by atoms with van der Waals surface area (Å²) in [6.07, 6.45) is 2.23. The van der Waals surface area contributed by atoms with Gasteiger partial charge in [0.15, 0.2) is 0 Å². The number of amides is 2. The highest BCUT2D eigenvalue weighted by Gasteiger charge is 2.25. The highest BCUT2D eigenvalue weighted by molar-refractivity contribution is 5.74. The van der Waals surface area contributed by atoms with E-state index in [0.717, 1.165) is 19.5 Å². The summed E-state index contributed by atoms with van der Waals surface area (Å²) in [4.78, 5) is 13.8. The minimum absolute atomic E-state index is 0.114. The summed E-state index contributed by atoms with van der Waals surface area (Å²) in [5.74, 6) is 1.27. The molecule has 1 fully saturated rings. The molecule has 0 aromatic heterocycles. The van der Waals surface area contributed by atoms with Crippen LogP contribution < -0.4 is 5.32 Å². The van der Waals surface area contributed by atoms with E-state index >= 15 is 0 Å². The topological polar surface area (TPSA) is 32.3 Å². The van der Waals surface area contributed by atoms with Crippen molar-refractivity contribution in [2.75, 3.05) is 13.1 Å². The van der Waals surface area contributed by atoms with Crippen LogP contribution >= 0.6 is 0 Å². The van der Waals surface area contributed by atoms with Gasteiger partial charge >= 0.3 is 6.03 Å². The van der Waals surface area contributed by atoms with Crippen molar-refractivity contribution in [1.29, 1.82) is 0 Å². The maximum absolute atomic E-state index is 11.9. The molecule has 3 atom stereocenters. The fraction of sp³-hybridized carbons (Fsp3) is 0.917. The SMILES string of the molecule is CCC(C)NC(=O)N1CC(C)CC(C)C1. The Morgan fingerprint density at radius 2 is 1.93 bits per heavy atom. The third-order valence-corrected chi connectivity index (χ3v) is 3.14. The third kappa shape index (κ3) is 3.73. The van der Waals surface area contributed by atoms with Gasteiger partial charge in [0.25, 0.3) is 0 Å². The minimum atomic E-state index is 0.114.